The number of aryl methyl sites for hydroxylation is 3. The average molecular weight is 295 g/mol. The highest BCUT2D eigenvalue weighted by Crippen LogP contribution is 2.29. The first-order valence-corrected chi connectivity index (χ1v) is 7.00. The zero-order chi connectivity index (χ0) is 15.9. The van der Waals surface area contributed by atoms with Gasteiger partial charge in [0.15, 0.2) is 0 Å². The summed E-state index contributed by atoms with van der Waals surface area (Å²) >= 11 is 0. The highest BCUT2D eigenvalue weighted by Gasteiger charge is 2.13. The minimum atomic E-state index is -0.424. The van der Waals surface area contributed by atoms with E-state index in [-0.39, 0.29) is 0 Å². The topological polar surface area (TPSA) is 84.9 Å². The van der Waals surface area contributed by atoms with Gasteiger partial charge in [0.05, 0.1) is 11.3 Å². The van der Waals surface area contributed by atoms with Crippen molar-refractivity contribution in [2.45, 2.75) is 20.8 Å². The van der Waals surface area contributed by atoms with E-state index < -0.39 is 5.91 Å². The number of carbonyl (C=O) groups is 1. The van der Waals surface area contributed by atoms with Gasteiger partial charge in [-0.2, -0.15) is 0 Å². The highest BCUT2D eigenvalue weighted by molar-refractivity contribution is 5.95. The largest absolute Gasteiger partial charge is 0.366 e. The molecule has 0 radical (unpaired) electrons. The molecule has 0 aliphatic heterocycles. The van der Waals surface area contributed by atoms with Gasteiger partial charge < -0.3 is 15.2 Å². The molecule has 0 spiro atoms. The lowest BCUT2D eigenvalue weighted by Gasteiger charge is -2.03. The molecule has 5 heteroatoms. The van der Waals surface area contributed by atoms with E-state index in [1.807, 2.05) is 45.0 Å². The maximum atomic E-state index is 11.3. The monoisotopic (exact) mass is 295 g/mol. The Morgan fingerprint density at radius 3 is 2.27 bits per heavy atom. The number of aromatic nitrogens is 2. The Hall–Kier alpha value is -2.82. The summed E-state index contributed by atoms with van der Waals surface area (Å²) in [7, 11) is 0. The number of nitrogens with one attached hydrogen (secondary N) is 1. The number of carbonyl (C=O) groups excluding carboxylic acids is 1. The Morgan fingerprint density at radius 1 is 1.14 bits per heavy atom. The van der Waals surface area contributed by atoms with Crippen LogP contribution in [-0.4, -0.2) is 16.0 Å². The van der Waals surface area contributed by atoms with Crippen molar-refractivity contribution >= 4 is 5.91 Å². The number of primary amides is 1. The number of hydrogen-bond acceptors (Lipinski definition) is 3. The maximum Gasteiger partial charge on any atom is 0.250 e. The van der Waals surface area contributed by atoms with Crippen LogP contribution in [0.2, 0.25) is 0 Å². The molecule has 0 fully saturated rings. The first-order valence-electron chi connectivity index (χ1n) is 7.00. The standard InChI is InChI=1S/C17H17N3O2/c1-9-14(17(18)21)8-15(19-9)12-4-6-13(7-5-12)16-10(2)20-22-11(16)3/h4-8,19H,1-3H3,(H2,18,21). The van der Waals surface area contributed by atoms with Crippen LogP contribution in [0.1, 0.15) is 27.5 Å². The van der Waals surface area contributed by atoms with E-state index in [9.17, 15) is 4.79 Å². The predicted molar refractivity (Wildman–Crippen MR) is 84.5 cm³/mol. The number of hydrogen-bond donors (Lipinski definition) is 2. The fourth-order valence-corrected chi connectivity index (χ4v) is 2.68. The summed E-state index contributed by atoms with van der Waals surface area (Å²) in [6.07, 6.45) is 0. The fourth-order valence-electron chi connectivity index (χ4n) is 2.68. The second-order valence-electron chi connectivity index (χ2n) is 5.36. The van der Waals surface area contributed by atoms with Crippen LogP contribution in [0, 0.1) is 20.8 Å². The molecule has 22 heavy (non-hydrogen) atoms. The van der Waals surface area contributed by atoms with Gasteiger partial charge in [0.1, 0.15) is 5.76 Å². The maximum absolute atomic E-state index is 11.3. The van der Waals surface area contributed by atoms with Crippen LogP contribution < -0.4 is 5.73 Å². The Bertz CT molecular complexity index is 822. The molecular weight excluding hydrogens is 278 g/mol. The minimum Gasteiger partial charge on any atom is -0.366 e. The predicted octanol–water partition coefficient (Wildman–Crippen LogP) is 3.36. The third-order valence-electron chi connectivity index (χ3n) is 3.80. The lowest BCUT2D eigenvalue weighted by molar-refractivity contribution is 0.1000. The molecule has 1 aromatic carbocycles. The summed E-state index contributed by atoms with van der Waals surface area (Å²) in [6, 6.07) is 9.81. The van der Waals surface area contributed by atoms with E-state index in [0.717, 1.165) is 39.5 Å². The van der Waals surface area contributed by atoms with E-state index in [4.69, 9.17) is 10.3 Å². The molecule has 0 saturated carbocycles. The minimum absolute atomic E-state index is 0.424. The number of amides is 1. The molecular formula is C17H17N3O2. The highest BCUT2D eigenvalue weighted by atomic mass is 16.5. The number of nitrogens with two attached hydrogens (primary N) is 1. The molecule has 3 aromatic rings. The van der Waals surface area contributed by atoms with Gasteiger partial charge in [-0.05, 0) is 38.0 Å². The fraction of sp³-hybridized carbons (Fsp3) is 0.176. The van der Waals surface area contributed by atoms with E-state index in [1.54, 1.807) is 6.07 Å². The van der Waals surface area contributed by atoms with Gasteiger partial charge >= 0.3 is 0 Å². The number of rotatable bonds is 3. The first-order chi connectivity index (χ1) is 10.5. The molecule has 0 saturated heterocycles. The second-order valence-corrected chi connectivity index (χ2v) is 5.36. The number of H-pyrrole nitrogens is 1. The Labute approximate surface area is 128 Å². The van der Waals surface area contributed by atoms with Crippen molar-refractivity contribution in [2.24, 2.45) is 5.73 Å². The number of benzene rings is 1. The molecule has 3 rings (SSSR count). The van der Waals surface area contributed by atoms with Crippen LogP contribution in [0.5, 0.6) is 0 Å². The molecule has 0 atom stereocenters. The van der Waals surface area contributed by atoms with Crippen molar-refractivity contribution in [3.05, 3.63) is 53.0 Å². The lowest BCUT2D eigenvalue weighted by atomic mass is 10.0. The van der Waals surface area contributed by atoms with Gasteiger partial charge in [-0.3, -0.25) is 4.79 Å². The van der Waals surface area contributed by atoms with Crippen molar-refractivity contribution in [3.8, 4) is 22.4 Å². The first kappa shape index (κ1) is 14.1. The van der Waals surface area contributed by atoms with Gasteiger partial charge in [0.25, 0.3) is 5.91 Å². The van der Waals surface area contributed by atoms with Crippen molar-refractivity contribution < 1.29 is 9.32 Å². The quantitative estimate of drug-likeness (QED) is 0.777. The summed E-state index contributed by atoms with van der Waals surface area (Å²) in [5.74, 6) is 0.379. The molecule has 3 N–H and O–H groups in total. The van der Waals surface area contributed by atoms with Gasteiger partial charge in [-0.15, -0.1) is 0 Å². The Kier molecular flexibility index (Phi) is 3.33. The van der Waals surface area contributed by atoms with Crippen LogP contribution in [0.4, 0.5) is 0 Å². The van der Waals surface area contributed by atoms with E-state index in [2.05, 4.69) is 10.1 Å². The zero-order valence-electron chi connectivity index (χ0n) is 12.7. The van der Waals surface area contributed by atoms with Crippen molar-refractivity contribution in [1.29, 1.82) is 0 Å². The number of aromatic amines is 1. The summed E-state index contributed by atoms with van der Waals surface area (Å²) in [5.41, 5.74) is 11.5. The summed E-state index contributed by atoms with van der Waals surface area (Å²) < 4.78 is 5.20. The molecule has 5 nitrogen and oxygen atoms in total. The number of nitrogens with zero attached hydrogens (tertiary/aromatic N) is 1. The van der Waals surface area contributed by atoms with Crippen LogP contribution in [-0.2, 0) is 0 Å². The van der Waals surface area contributed by atoms with Crippen molar-refractivity contribution in [3.63, 3.8) is 0 Å². The lowest BCUT2D eigenvalue weighted by Crippen LogP contribution is -2.10. The molecule has 0 aliphatic carbocycles. The van der Waals surface area contributed by atoms with Gasteiger partial charge in [0, 0.05) is 17.0 Å². The molecule has 0 unspecified atom stereocenters. The normalized spacial score (nSPS) is 10.9. The third-order valence-corrected chi connectivity index (χ3v) is 3.80. The summed E-state index contributed by atoms with van der Waals surface area (Å²) in [4.78, 5) is 14.5. The van der Waals surface area contributed by atoms with Crippen LogP contribution >= 0.6 is 0 Å². The molecule has 1 amide bonds. The molecule has 112 valence electrons. The zero-order valence-corrected chi connectivity index (χ0v) is 12.7. The van der Waals surface area contributed by atoms with E-state index >= 15 is 0 Å². The van der Waals surface area contributed by atoms with Crippen molar-refractivity contribution in [1.82, 2.24) is 10.1 Å². The van der Waals surface area contributed by atoms with Crippen molar-refractivity contribution in [2.75, 3.05) is 0 Å². The SMILES string of the molecule is Cc1noc(C)c1-c1ccc(-c2cc(C(N)=O)c(C)[nH]2)cc1. The second kappa shape index (κ2) is 5.18. The van der Waals surface area contributed by atoms with Gasteiger partial charge in [-0.25, -0.2) is 0 Å². The van der Waals surface area contributed by atoms with E-state index in [0.29, 0.717) is 5.56 Å². The van der Waals surface area contributed by atoms with Gasteiger partial charge in [0.2, 0.25) is 0 Å². The molecule has 2 heterocycles. The van der Waals surface area contributed by atoms with E-state index in [1.165, 1.54) is 0 Å². The third kappa shape index (κ3) is 2.30. The smallest absolute Gasteiger partial charge is 0.250 e. The average Bonchev–Trinajstić information content (AvgIpc) is 3.03. The van der Waals surface area contributed by atoms with Crippen LogP contribution in [0.15, 0.2) is 34.9 Å². The molecule has 0 bridgehead atoms. The summed E-state index contributed by atoms with van der Waals surface area (Å²) in [6.45, 7) is 5.66. The van der Waals surface area contributed by atoms with Crippen LogP contribution in [0.3, 0.4) is 0 Å². The van der Waals surface area contributed by atoms with Crippen LogP contribution in [0.25, 0.3) is 22.4 Å². The Morgan fingerprint density at radius 2 is 1.77 bits per heavy atom. The summed E-state index contributed by atoms with van der Waals surface area (Å²) in [5, 5.41) is 3.97. The molecule has 2 aromatic heterocycles. The van der Waals surface area contributed by atoms with Gasteiger partial charge in [-0.1, -0.05) is 29.4 Å². The molecule has 0 aliphatic rings. The Balaban J connectivity index is 1.98.